The number of benzene rings is 2. The van der Waals surface area contributed by atoms with Crippen molar-refractivity contribution in [3.63, 3.8) is 0 Å². The van der Waals surface area contributed by atoms with Crippen LogP contribution in [0.5, 0.6) is 0 Å². The molecule has 0 spiro atoms. The molecular formula is C41H56Cl3N3O6PtS. The van der Waals surface area contributed by atoms with E-state index in [4.69, 9.17) is 35.5 Å². The summed E-state index contributed by atoms with van der Waals surface area (Å²) in [4.78, 5) is 13.3. The molecule has 1 aliphatic carbocycles. The van der Waals surface area contributed by atoms with Gasteiger partial charge in [0.25, 0.3) is 0 Å². The number of nitrogens with zero attached hydrogens (tertiary/aromatic N) is 2. The number of hydrogen-bond donors (Lipinski definition) is 1. The monoisotopic (exact) mass is 1020 g/mol. The van der Waals surface area contributed by atoms with Crippen LogP contribution in [0, 0.1) is 7.43 Å². The van der Waals surface area contributed by atoms with Crippen molar-refractivity contribution in [2.75, 3.05) is 23.7 Å². The maximum absolute atomic E-state index is 11.2. The van der Waals surface area contributed by atoms with Gasteiger partial charge in [0.05, 0.1) is 15.5 Å². The first-order valence-electron chi connectivity index (χ1n) is 17.7. The molecule has 2 heterocycles. The van der Waals surface area contributed by atoms with Crippen molar-refractivity contribution < 1.29 is 49.4 Å². The summed E-state index contributed by atoms with van der Waals surface area (Å²) in [5, 5.41) is 9.83. The number of allylic oxidation sites excluding steroid dienone is 8. The number of carbonyl (C=O) groups is 1. The third kappa shape index (κ3) is 12.9. The SMILES string of the molecule is CC1(C)C(=CC=C2CCCC(C=CC3=[N+](CCCCCC(=O)O)c4ccccc4C3(C)C)=C2Cl)N(CCCCS(=O)(=O)[O-])c2ccccc21.O.[CH3-].[Cl][Pt+2][Cl].[NH2-]. The second-order valence-corrected chi connectivity index (χ2v) is 19.6. The molecule has 3 aliphatic rings. The summed E-state index contributed by atoms with van der Waals surface area (Å²) < 4.78 is 36.0. The number of aliphatic carboxylic acids is 1. The van der Waals surface area contributed by atoms with Gasteiger partial charge < -0.3 is 33.6 Å². The van der Waals surface area contributed by atoms with Crippen molar-refractivity contribution in [1.29, 1.82) is 0 Å². The third-order valence-electron chi connectivity index (χ3n) is 10.2. The minimum atomic E-state index is -4.24. The fourth-order valence-corrected chi connectivity index (χ4v) is 8.48. The number of fused-ring (bicyclic) bond motifs is 2. The van der Waals surface area contributed by atoms with E-state index in [0.717, 1.165) is 66.2 Å². The van der Waals surface area contributed by atoms with Crippen molar-refractivity contribution in [3.8, 4) is 0 Å². The third-order valence-corrected chi connectivity index (χ3v) is 11.5. The van der Waals surface area contributed by atoms with E-state index in [1.165, 1.54) is 22.5 Å². The number of halogens is 3. The van der Waals surface area contributed by atoms with Crippen LogP contribution in [0.3, 0.4) is 0 Å². The Hall–Kier alpha value is -2.27. The normalized spacial score (nSPS) is 18.4. The van der Waals surface area contributed by atoms with E-state index in [1.807, 2.05) is 12.1 Å². The molecule has 2 aromatic carbocycles. The molecule has 55 heavy (non-hydrogen) atoms. The number of rotatable bonds is 14. The van der Waals surface area contributed by atoms with Gasteiger partial charge in [-0.3, -0.25) is 4.79 Å². The summed E-state index contributed by atoms with van der Waals surface area (Å²) in [5.74, 6) is -1.09. The van der Waals surface area contributed by atoms with E-state index < -0.39 is 32.6 Å². The first kappa shape index (κ1) is 50.7. The van der Waals surface area contributed by atoms with Crippen molar-refractivity contribution >= 4 is 63.6 Å². The average Bonchev–Trinajstić information content (AvgIpc) is 3.43. The summed E-state index contributed by atoms with van der Waals surface area (Å²) in [6, 6.07) is 16.9. The molecule has 0 atom stereocenters. The minimum Gasteiger partial charge on any atom is -0.693 e. The molecule has 14 heteroatoms. The zero-order valence-corrected chi connectivity index (χ0v) is 37.7. The maximum Gasteiger partial charge on any atom is -0.693 e. The van der Waals surface area contributed by atoms with Crippen LogP contribution in [0.2, 0.25) is 0 Å². The van der Waals surface area contributed by atoms with Gasteiger partial charge in [0.2, 0.25) is 5.69 Å². The summed E-state index contributed by atoms with van der Waals surface area (Å²) in [6.45, 7) is 10.4. The van der Waals surface area contributed by atoms with Gasteiger partial charge in [-0.25, -0.2) is 8.42 Å². The Labute approximate surface area is 350 Å². The largest absolute Gasteiger partial charge is 0.693 e. The van der Waals surface area contributed by atoms with Gasteiger partial charge in [-0.15, -0.1) is 0 Å². The second-order valence-electron chi connectivity index (χ2n) is 14.5. The minimum absolute atomic E-state index is 0. The maximum atomic E-state index is 11.2. The van der Waals surface area contributed by atoms with Crippen molar-refractivity contribution in [2.24, 2.45) is 0 Å². The summed E-state index contributed by atoms with van der Waals surface area (Å²) in [5.41, 5.74) is 8.92. The van der Waals surface area contributed by atoms with Crippen molar-refractivity contribution in [1.82, 2.24) is 0 Å². The number of para-hydroxylation sites is 2. The summed E-state index contributed by atoms with van der Waals surface area (Å²) in [7, 11) is 5.51. The Morgan fingerprint density at radius 2 is 1.56 bits per heavy atom. The number of hydrogen-bond acceptors (Lipinski definition) is 5. The standard InChI is InChI=1S/C40H49ClN2O5S.CH3.2ClH.H2N.H2O.Pt/c1-39(2)31-17-7-9-19-33(31)42(26-11-5-6-21-37(44)45)35(39)24-22-29-15-14-16-30(38(29)41)23-25-36-40(3,4)32-18-8-10-20-34(32)43(36)27-12-13-28-49(46,47)48;;;;;;/h7-10,17-20,22-25H,5-6,11-16,21,26-28H2,1-4H3,(H-,44,45,46,47,48);1H3;2*1H;2*1H2;/q;-1;;;-1;;+4/p-2. The smallest absolute Gasteiger partial charge is 0.693 e. The molecule has 0 fully saturated rings. The zero-order valence-electron chi connectivity index (χ0n) is 32.3. The van der Waals surface area contributed by atoms with E-state index in [2.05, 4.69) is 97.9 Å². The predicted molar refractivity (Wildman–Crippen MR) is 225 cm³/mol. The Morgan fingerprint density at radius 1 is 0.927 bits per heavy atom. The molecule has 5 N–H and O–H groups in total. The molecule has 0 bridgehead atoms. The van der Waals surface area contributed by atoms with Crippen molar-refractivity contribution in [3.05, 3.63) is 119 Å². The van der Waals surface area contributed by atoms with Gasteiger partial charge in [-0.1, -0.05) is 74.0 Å². The summed E-state index contributed by atoms with van der Waals surface area (Å²) in [6.07, 6.45) is 15.1. The van der Waals surface area contributed by atoms with Crippen LogP contribution < -0.4 is 4.90 Å². The molecule has 0 aromatic heterocycles. The van der Waals surface area contributed by atoms with E-state index in [-0.39, 0.29) is 42.1 Å². The van der Waals surface area contributed by atoms with E-state index in [9.17, 15) is 17.8 Å². The predicted octanol–water partition coefficient (Wildman–Crippen LogP) is 10.6. The second kappa shape index (κ2) is 22.6. The summed E-state index contributed by atoms with van der Waals surface area (Å²) >= 11 is 6.69. The number of carboxylic acid groups (broad SMARTS) is 1. The molecular weight excluding hydrogens is 964 g/mol. The molecule has 2 aromatic rings. The Bertz CT molecular complexity index is 1890. The molecule has 0 radical (unpaired) electrons. The van der Waals surface area contributed by atoms with Crippen LogP contribution in [0.25, 0.3) is 6.15 Å². The zero-order chi connectivity index (χ0) is 38.1. The van der Waals surface area contributed by atoms with E-state index >= 15 is 0 Å². The van der Waals surface area contributed by atoms with Gasteiger partial charge in [0.15, 0.2) is 5.71 Å². The molecule has 9 nitrogen and oxygen atoms in total. The molecule has 0 saturated heterocycles. The molecule has 2 aliphatic heterocycles. The van der Waals surface area contributed by atoms with Gasteiger partial charge in [-0.2, -0.15) is 4.58 Å². The topological polar surface area (TPSA) is 166 Å². The van der Waals surface area contributed by atoms with Crippen LogP contribution in [0.15, 0.2) is 94.7 Å². The number of anilines is 1. The van der Waals surface area contributed by atoms with Crippen LogP contribution in [-0.2, 0) is 42.2 Å². The molecule has 5 rings (SSSR count). The Balaban J connectivity index is 0.00000244. The average molecular weight is 1020 g/mol. The van der Waals surface area contributed by atoms with E-state index in [1.54, 1.807) is 0 Å². The van der Waals surface area contributed by atoms with Crippen LogP contribution in [0.4, 0.5) is 11.4 Å². The molecule has 0 unspecified atom stereocenters. The Morgan fingerprint density at radius 3 is 2.22 bits per heavy atom. The van der Waals surface area contributed by atoms with Gasteiger partial charge in [-0.05, 0) is 87.6 Å². The van der Waals surface area contributed by atoms with Crippen LogP contribution >= 0.6 is 30.4 Å². The van der Waals surface area contributed by atoms with Gasteiger partial charge >= 0.3 is 41.3 Å². The first-order chi connectivity index (χ1) is 24.6. The molecule has 0 amide bonds. The van der Waals surface area contributed by atoms with Gasteiger partial charge in [0.1, 0.15) is 6.54 Å². The van der Waals surface area contributed by atoms with Gasteiger partial charge in [0, 0.05) is 64.7 Å². The van der Waals surface area contributed by atoms with Crippen LogP contribution in [0.1, 0.15) is 96.6 Å². The molecule has 308 valence electrons. The fourth-order valence-electron chi connectivity index (χ4n) is 7.60. The van der Waals surface area contributed by atoms with E-state index in [0.29, 0.717) is 25.8 Å². The van der Waals surface area contributed by atoms with Crippen molar-refractivity contribution in [2.45, 2.75) is 96.3 Å². The quantitative estimate of drug-likeness (QED) is 0.0856. The number of nitrogens with two attached hydrogens (primary N) is 1. The number of unbranched alkanes of at least 4 members (excludes halogenated alkanes) is 3. The Kier molecular flexibility index (Phi) is 20.9. The molecule has 0 saturated carbocycles. The first-order valence-corrected chi connectivity index (χ1v) is 25.3. The fraction of sp³-hybridized carbons (Fsp3) is 0.439. The van der Waals surface area contributed by atoms with Crippen LogP contribution in [-0.4, -0.2) is 58.7 Å². The number of carboxylic acids is 1.